The summed E-state index contributed by atoms with van der Waals surface area (Å²) >= 11 is 0. The van der Waals surface area contributed by atoms with Crippen molar-refractivity contribution in [2.24, 2.45) is 0 Å². The van der Waals surface area contributed by atoms with Crippen LogP contribution in [-0.4, -0.2) is 92.8 Å². The molecule has 5 rings (SSSR count). The maximum Gasteiger partial charge on any atom is 0.345 e. The molecule has 17 nitrogen and oxygen atoms in total. The first-order valence-corrected chi connectivity index (χ1v) is 20.2. The fraction of sp³-hybridized carbons (Fsp3) is 0.375. The third-order valence-electron chi connectivity index (χ3n) is 9.10. The van der Waals surface area contributed by atoms with Crippen molar-refractivity contribution in [1.82, 2.24) is 15.7 Å². The van der Waals surface area contributed by atoms with Gasteiger partial charge in [0, 0.05) is 81.3 Å². The van der Waals surface area contributed by atoms with Gasteiger partial charge in [-0.15, -0.1) is 5.06 Å². The van der Waals surface area contributed by atoms with E-state index in [2.05, 4.69) is 10.6 Å². The normalized spacial score (nSPS) is 12.9. The van der Waals surface area contributed by atoms with Gasteiger partial charge in [0.05, 0.1) is 46.3 Å². The van der Waals surface area contributed by atoms with E-state index >= 15 is 0 Å². The minimum atomic E-state index is -4.41. The quantitative estimate of drug-likeness (QED) is 0.0249. The van der Waals surface area contributed by atoms with Gasteiger partial charge >= 0.3 is 11.9 Å². The molecular formula is C40H44N4O13S. The van der Waals surface area contributed by atoms with Gasteiger partial charge in [-0.05, 0) is 43.2 Å². The van der Waals surface area contributed by atoms with Crippen LogP contribution in [0.25, 0.3) is 21.8 Å². The summed E-state index contributed by atoms with van der Waals surface area (Å²) in [7, 11) is -2.93. The number of methoxy groups -OCH3 is 1. The van der Waals surface area contributed by atoms with Crippen LogP contribution in [0.3, 0.4) is 0 Å². The molecule has 1 aromatic heterocycles. The molecule has 0 bridgehead atoms. The molecule has 2 heterocycles. The van der Waals surface area contributed by atoms with Crippen LogP contribution >= 0.6 is 0 Å². The Labute approximate surface area is 334 Å². The Balaban J connectivity index is 1.14. The molecule has 3 aromatic carbocycles. The summed E-state index contributed by atoms with van der Waals surface area (Å²) in [5, 5.41) is 7.03. The summed E-state index contributed by atoms with van der Waals surface area (Å²) < 4.78 is 52.8. The van der Waals surface area contributed by atoms with Gasteiger partial charge in [0.2, 0.25) is 16.9 Å². The van der Waals surface area contributed by atoms with Crippen LogP contribution in [0.15, 0.2) is 60.7 Å². The molecule has 1 aliphatic rings. The van der Waals surface area contributed by atoms with Gasteiger partial charge in [-0.2, -0.15) is 4.57 Å². The van der Waals surface area contributed by atoms with E-state index in [4.69, 9.17) is 19.0 Å². The lowest BCUT2D eigenvalue weighted by molar-refractivity contribution is -0.645. The van der Waals surface area contributed by atoms with Crippen molar-refractivity contribution in [2.45, 2.75) is 58.6 Å². The Morgan fingerprint density at radius 3 is 2.10 bits per heavy atom. The average molecular weight is 821 g/mol. The van der Waals surface area contributed by atoms with Crippen LogP contribution in [-0.2, 0) is 56.8 Å². The number of hydroxylamine groups is 2. The fourth-order valence-corrected chi connectivity index (χ4v) is 6.98. The van der Waals surface area contributed by atoms with E-state index in [-0.39, 0.29) is 95.2 Å². The van der Waals surface area contributed by atoms with Gasteiger partial charge in [0.1, 0.15) is 5.75 Å². The number of carbonyl (C=O) groups excluding carboxylic acids is 6. The first-order chi connectivity index (χ1) is 27.8. The molecule has 0 unspecified atom stereocenters. The van der Waals surface area contributed by atoms with Crippen LogP contribution in [0.4, 0.5) is 0 Å². The number of aromatic nitrogens is 1. The molecule has 58 heavy (non-hydrogen) atoms. The van der Waals surface area contributed by atoms with Crippen LogP contribution in [0.1, 0.15) is 70.4 Å². The number of amides is 4. The van der Waals surface area contributed by atoms with Crippen LogP contribution in [0, 0.1) is 6.92 Å². The molecule has 0 saturated carbocycles. The van der Waals surface area contributed by atoms with Gasteiger partial charge in [-0.1, -0.05) is 24.3 Å². The Hall–Kier alpha value is -5.82. The number of para-hydroxylation sites is 2. The number of carbonyl (C=O) groups is 6. The summed E-state index contributed by atoms with van der Waals surface area (Å²) in [5.41, 5.74) is 2.86. The summed E-state index contributed by atoms with van der Waals surface area (Å²) in [4.78, 5) is 79.0. The molecule has 0 spiro atoms. The van der Waals surface area contributed by atoms with Gasteiger partial charge in [0.25, 0.3) is 17.7 Å². The van der Waals surface area contributed by atoms with E-state index in [0.29, 0.717) is 43.6 Å². The van der Waals surface area contributed by atoms with Crippen LogP contribution < -0.4 is 19.9 Å². The van der Waals surface area contributed by atoms with Gasteiger partial charge in [-0.3, -0.25) is 19.2 Å². The summed E-state index contributed by atoms with van der Waals surface area (Å²) in [6.07, 6.45) is 0.124. The zero-order valence-electron chi connectivity index (χ0n) is 32.1. The molecular weight excluding hydrogens is 777 g/mol. The predicted octanol–water partition coefficient (Wildman–Crippen LogP) is 2.53. The highest BCUT2D eigenvalue weighted by Gasteiger charge is 2.33. The van der Waals surface area contributed by atoms with Crippen molar-refractivity contribution in [3.05, 3.63) is 82.9 Å². The number of esters is 1. The minimum Gasteiger partial charge on any atom is -0.748 e. The number of aryl methyl sites for hydroxylation is 2. The second-order valence-corrected chi connectivity index (χ2v) is 14.9. The molecule has 0 radical (unpaired) electrons. The molecule has 0 aliphatic carbocycles. The van der Waals surface area contributed by atoms with Gasteiger partial charge in [-0.25, -0.2) is 18.0 Å². The van der Waals surface area contributed by atoms with E-state index in [1.165, 1.54) is 7.11 Å². The molecule has 4 amide bonds. The van der Waals surface area contributed by atoms with Crippen molar-refractivity contribution in [3.8, 4) is 5.75 Å². The highest BCUT2D eigenvalue weighted by atomic mass is 32.2. The van der Waals surface area contributed by atoms with Crippen molar-refractivity contribution in [1.29, 1.82) is 0 Å². The average Bonchev–Trinajstić information content (AvgIpc) is 3.50. The number of fused-ring (bicyclic) bond motifs is 2. The summed E-state index contributed by atoms with van der Waals surface area (Å²) in [6, 6.07) is 17.5. The van der Waals surface area contributed by atoms with E-state index in [1.807, 2.05) is 16.7 Å². The minimum absolute atomic E-state index is 0.00311. The maximum absolute atomic E-state index is 14.1. The van der Waals surface area contributed by atoms with E-state index in [1.54, 1.807) is 55.5 Å². The molecule has 18 heteroatoms. The standard InChI is InChI=1S/C40H44N4O13S/c1-26-23-27(39(49)42-18-21-55-20-17-41-33(45)13-7-14-36(48)57-44-34(46)15-16-35(44)47)24-28(25-54-2)38(26)56-40(50)37-29-9-3-5-11-31(29)43(19-8-22-58(51,52)53)32-12-6-4-10-30(32)37/h3-6,9-12,23-24H,7-8,13-22,25H2,1-2H3,(H2-,41,42,45,49,51,52,53). The van der Waals surface area contributed by atoms with E-state index in [9.17, 15) is 41.7 Å². The first-order valence-electron chi connectivity index (χ1n) is 18.6. The fourth-order valence-electron chi connectivity index (χ4n) is 6.50. The van der Waals surface area contributed by atoms with Crippen molar-refractivity contribution in [2.75, 3.05) is 39.2 Å². The molecule has 1 fully saturated rings. The largest absolute Gasteiger partial charge is 0.748 e. The Morgan fingerprint density at radius 2 is 1.48 bits per heavy atom. The number of ether oxygens (including phenoxy) is 3. The number of nitrogens with one attached hydrogen (secondary N) is 2. The maximum atomic E-state index is 14.1. The number of nitrogens with zero attached hydrogens (tertiary/aromatic N) is 2. The Morgan fingerprint density at radius 1 is 0.862 bits per heavy atom. The first kappa shape index (κ1) is 43.3. The lowest BCUT2D eigenvalue weighted by Gasteiger charge is -2.16. The SMILES string of the molecule is COCc1cc(C(=O)NCCOCCNC(=O)CCCC(=O)ON2C(=O)CCC2=O)cc(C)c1OC(=O)c1c2ccccc2[n+](CCCS(=O)(=O)[O-])c2ccccc12. The second-order valence-electron chi connectivity index (χ2n) is 13.4. The Bertz CT molecular complexity index is 2260. The van der Waals surface area contributed by atoms with Crippen LogP contribution in [0.2, 0.25) is 0 Å². The third-order valence-corrected chi connectivity index (χ3v) is 9.89. The molecule has 1 saturated heterocycles. The van der Waals surface area contributed by atoms with Crippen molar-refractivity contribution < 1.29 is 65.4 Å². The lowest BCUT2D eigenvalue weighted by Crippen LogP contribution is -2.37. The number of benzene rings is 3. The summed E-state index contributed by atoms with van der Waals surface area (Å²) in [5.74, 6) is -3.59. The number of imide groups is 1. The van der Waals surface area contributed by atoms with Crippen LogP contribution in [0.5, 0.6) is 5.75 Å². The van der Waals surface area contributed by atoms with E-state index in [0.717, 1.165) is 0 Å². The van der Waals surface area contributed by atoms with Gasteiger partial charge in [0.15, 0.2) is 6.54 Å². The van der Waals surface area contributed by atoms with Crippen molar-refractivity contribution >= 4 is 67.5 Å². The molecule has 4 aromatic rings. The topological polar surface area (TPSA) is 228 Å². The van der Waals surface area contributed by atoms with E-state index < -0.39 is 45.5 Å². The smallest absolute Gasteiger partial charge is 0.345 e. The second kappa shape index (κ2) is 20.0. The lowest BCUT2D eigenvalue weighted by atomic mass is 10.0. The molecule has 2 N–H and O–H groups in total. The van der Waals surface area contributed by atoms with Gasteiger partial charge < -0.3 is 34.2 Å². The monoisotopic (exact) mass is 820 g/mol. The number of pyridine rings is 1. The number of rotatable bonds is 20. The zero-order valence-corrected chi connectivity index (χ0v) is 32.9. The zero-order chi connectivity index (χ0) is 41.8. The highest BCUT2D eigenvalue weighted by Crippen LogP contribution is 2.31. The predicted molar refractivity (Wildman–Crippen MR) is 205 cm³/mol. The van der Waals surface area contributed by atoms with Crippen molar-refractivity contribution in [3.63, 3.8) is 0 Å². The highest BCUT2D eigenvalue weighted by molar-refractivity contribution is 7.85. The third kappa shape index (κ3) is 11.4. The molecule has 308 valence electrons. The number of hydrogen-bond acceptors (Lipinski definition) is 13. The summed E-state index contributed by atoms with van der Waals surface area (Å²) in [6.45, 7) is 2.63. The molecule has 0 atom stereocenters. The Kier molecular flexibility index (Phi) is 15.0. The molecule has 1 aliphatic heterocycles. The number of hydrogen-bond donors (Lipinski definition) is 2.